The Hall–Kier alpha value is -0.860. The zero-order valence-corrected chi connectivity index (χ0v) is 13.8. The largest absolute Gasteiger partial charge is 0.371 e. The first-order chi connectivity index (χ1) is 10.3. The molecule has 2 nitrogen and oxygen atoms in total. The topological polar surface area (TPSA) is 12.5 Å². The molecule has 1 fully saturated rings. The van der Waals surface area contributed by atoms with Gasteiger partial charge in [-0.05, 0) is 25.5 Å². The quantitative estimate of drug-likeness (QED) is 0.637. The maximum Gasteiger partial charge on any atom is 0.0977 e. The lowest BCUT2D eigenvalue weighted by atomic mass is 10.00. The van der Waals surface area contributed by atoms with Crippen LogP contribution in [0.2, 0.25) is 0 Å². The van der Waals surface area contributed by atoms with Crippen molar-refractivity contribution in [2.45, 2.75) is 64.5 Å². The number of unbranched alkanes of at least 4 members (excludes halogenated alkanes) is 5. The summed E-state index contributed by atoms with van der Waals surface area (Å²) in [6, 6.07) is 11.2. The third-order valence-corrected chi connectivity index (χ3v) is 4.62. The average molecular weight is 289 g/mol. The Bertz CT molecular complexity index is 378. The molecule has 2 heteroatoms. The van der Waals surface area contributed by atoms with E-state index >= 15 is 0 Å². The molecule has 21 heavy (non-hydrogen) atoms. The van der Waals surface area contributed by atoms with Crippen molar-refractivity contribution in [3.05, 3.63) is 35.9 Å². The minimum absolute atomic E-state index is 0.236. The van der Waals surface area contributed by atoms with Gasteiger partial charge in [0.2, 0.25) is 0 Å². The van der Waals surface area contributed by atoms with Crippen LogP contribution in [0.4, 0.5) is 0 Å². The van der Waals surface area contributed by atoms with Gasteiger partial charge in [0.25, 0.3) is 0 Å². The van der Waals surface area contributed by atoms with E-state index in [1.165, 1.54) is 50.6 Å². The predicted octanol–water partition coefficient (Wildman–Crippen LogP) is 4.81. The van der Waals surface area contributed by atoms with Crippen LogP contribution in [-0.4, -0.2) is 30.6 Å². The smallest absolute Gasteiger partial charge is 0.0977 e. The first-order valence-electron chi connectivity index (χ1n) is 8.73. The van der Waals surface area contributed by atoms with E-state index in [0.29, 0.717) is 6.04 Å². The monoisotopic (exact) mass is 289 g/mol. The van der Waals surface area contributed by atoms with Crippen LogP contribution >= 0.6 is 0 Å². The van der Waals surface area contributed by atoms with Crippen molar-refractivity contribution in [2.24, 2.45) is 0 Å². The van der Waals surface area contributed by atoms with Crippen LogP contribution in [-0.2, 0) is 4.74 Å². The lowest BCUT2D eigenvalue weighted by Gasteiger charge is -2.39. The summed E-state index contributed by atoms with van der Waals surface area (Å²) in [7, 11) is 0. The van der Waals surface area contributed by atoms with Crippen LogP contribution in [0.5, 0.6) is 0 Å². The van der Waals surface area contributed by atoms with Crippen molar-refractivity contribution < 1.29 is 4.74 Å². The summed E-state index contributed by atoms with van der Waals surface area (Å²) < 4.78 is 6.02. The summed E-state index contributed by atoms with van der Waals surface area (Å²) in [6.45, 7) is 7.76. The van der Waals surface area contributed by atoms with Gasteiger partial charge in [-0.25, -0.2) is 0 Å². The molecule has 1 aliphatic heterocycles. The van der Waals surface area contributed by atoms with Crippen LogP contribution in [0.25, 0.3) is 0 Å². The van der Waals surface area contributed by atoms with Gasteiger partial charge in [-0.1, -0.05) is 69.4 Å². The molecule has 1 heterocycles. The number of morpholine rings is 1. The van der Waals surface area contributed by atoms with Crippen LogP contribution in [0, 0.1) is 0 Å². The lowest BCUT2D eigenvalue weighted by molar-refractivity contribution is -0.0673. The third-order valence-electron chi connectivity index (χ3n) is 4.62. The van der Waals surface area contributed by atoms with Gasteiger partial charge in [0, 0.05) is 12.6 Å². The highest BCUT2D eigenvalue weighted by molar-refractivity contribution is 5.19. The van der Waals surface area contributed by atoms with Crippen molar-refractivity contribution in [3.8, 4) is 0 Å². The molecule has 0 spiro atoms. The molecule has 0 radical (unpaired) electrons. The number of nitrogens with zero attached hydrogens (tertiary/aromatic N) is 1. The van der Waals surface area contributed by atoms with E-state index in [1.54, 1.807) is 0 Å². The Morgan fingerprint density at radius 1 is 1.05 bits per heavy atom. The minimum Gasteiger partial charge on any atom is -0.371 e. The Kier molecular flexibility index (Phi) is 7.25. The SMILES string of the molecule is CCCCCCCCN1CCOC(c2ccccc2)C1C. The number of ether oxygens (including phenoxy) is 1. The number of rotatable bonds is 8. The first-order valence-corrected chi connectivity index (χ1v) is 8.73. The molecule has 0 bridgehead atoms. The predicted molar refractivity (Wildman–Crippen MR) is 89.5 cm³/mol. The van der Waals surface area contributed by atoms with E-state index in [-0.39, 0.29) is 6.10 Å². The summed E-state index contributed by atoms with van der Waals surface area (Å²) in [5.74, 6) is 0. The van der Waals surface area contributed by atoms with Gasteiger partial charge >= 0.3 is 0 Å². The molecular formula is C19H31NO. The molecule has 0 saturated carbocycles. The molecule has 0 N–H and O–H groups in total. The van der Waals surface area contributed by atoms with Gasteiger partial charge in [-0.3, -0.25) is 4.90 Å². The van der Waals surface area contributed by atoms with Gasteiger partial charge in [0.15, 0.2) is 0 Å². The molecule has 1 aliphatic rings. The molecular weight excluding hydrogens is 258 g/mol. The maximum atomic E-state index is 6.02. The standard InChI is InChI=1S/C19H31NO/c1-3-4-5-6-7-11-14-20-15-16-21-19(17(20)2)18-12-9-8-10-13-18/h8-10,12-13,17,19H,3-7,11,14-16H2,1-2H3. The van der Waals surface area contributed by atoms with Crippen molar-refractivity contribution in [1.82, 2.24) is 4.90 Å². The normalized spacial score (nSPS) is 23.3. The Balaban J connectivity index is 1.76. The second-order valence-electron chi connectivity index (χ2n) is 6.25. The van der Waals surface area contributed by atoms with E-state index in [9.17, 15) is 0 Å². The number of hydrogen-bond acceptors (Lipinski definition) is 2. The fourth-order valence-electron chi connectivity index (χ4n) is 3.26. The molecule has 0 aromatic heterocycles. The number of hydrogen-bond donors (Lipinski definition) is 0. The number of benzene rings is 1. The van der Waals surface area contributed by atoms with Crippen molar-refractivity contribution >= 4 is 0 Å². The highest BCUT2D eigenvalue weighted by Crippen LogP contribution is 2.28. The molecule has 2 unspecified atom stereocenters. The van der Waals surface area contributed by atoms with Gasteiger partial charge < -0.3 is 4.74 Å². The molecule has 0 amide bonds. The maximum absolute atomic E-state index is 6.02. The highest BCUT2D eigenvalue weighted by Gasteiger charge is 2.29. The molecule has 1 aromatic carbocycles. The fraction of sp³-hybridized carbons (Fsp3) is 0.684. The Morgan fingerprint density at radius 2 is 1.76 bits per heavy atom. The summed E-state index contributed by atoms with van der Waals surface area (Å²) in [6.07, 6.45) is 8.47. The van der Waals surface area contributed by atoms with E-state index < -0.39 is 0 Å². The molecule has 1 aromatic rings. The second kappa shape index (κ2) is 9.22. The van der Waals surface area contributed by atoms with Crippen LogP contribution in [0.15, 0.2) is 30.3 Å². The molecule has 2 atom stereocenters. The molecule has 2 rings (SSSR count). The van der Waals surface area contributed by atoms with Crippen molar-refractivity contribution in [1.29, 1.82) is 0 Å². The lowest BCUT2D eigenvalue weighted by Crippen LogP contribution is -2.45. The average Bonchev–Trinajstić information content (AvgIpc) is 2.53. The molecule has 0 aliphatic carbocycles. The van der Waals surface area contributed by atoms with Gasteiger partial charge in [-0.2, -0.15) is 0 Å². The third kappa shape index (κ3) is 5.12. The first kappa shape index (κ1) is 16.5. The summed E-state index contributed by atoms with van der Waals surface area (Å²) in [4.78, 5) is 2.61. The van der Waals surface area contributed by atoms with Gasteiger partial charge in [0.1, 0.15) is 0 Å². The zero-order chi connectivity index (χ0) is 14.9. The Morgan fingerprint density at radius 3 is 2.52 bits per heavy atom. The zero-order valence-electron chi connectivity index (χ0n) is 13.8. The van der Waals surface area contributed by atoms with Crippen LogP contribution in [0.3, 0.4) is 0 Å². The van der Waals surface area contributed by atoms with Crippen LogP contribution < -0.4 is 0 Å². The minimum atomic E-state index is 0.236. The highest BCUT2D eigenvalue weighted by atomic mass is 16.5. The van der Waals surface area contributed by atoms with Gasteiger partial charge in [-0.15, -0.1) is 0 Å². The van der Waals surface area contributed by atoms with E-state index in [1.807, 2.05) is 0 Å². The van der Waals surface area contributed by atoms with E-state index in [2.05, 4.69) is 49.1 Å². The van der Waals surface area contributed by atoms with E-state index in [0.717, 1.165) is 13.2 Å². The van der Waals surface area contributed by atoms with Crippen LogP contribution in [0.1, 0.15) is 64.0 Å². The van der Waals surface area contributed by atoms with Crippen molar-refractivity contribution in [2.75, 3.05) is 19.7 Å². The summed E-state index contributed by atoms with van der Waals surface area (Å²) in [5, 5.41) is 0. The Labute approximate surface area is 130 Å². The molecule has 118 valence electrons. The van der Waals surface area contributed by atoms with Crippen molar-refractivity contribution in [3.63, 3.8) is 0 Å². The van der Waals surface area contributed by atoms with E-state index in [4.69, 9.17) is 4.74 Å². The summed E-state index contributed by atoms with van der Waals surface area (Å²) >= 11 is 0. The summed E-state index contributed by atoms with van der Waals surface area (Å²) in [5.41, 5.74) is 1.32. The second-order valence-corrected chi connectivity index (χ2v) is 6.25. The molecule has 1 saturated heterocycles. The van der Waals surface area contributed by atoms with Gasteiger partial charge in [0.05, 0.1) is 12.7 Å². The fourth-order valence-corrected chi connectivity index (χ4v) is 3.26.